The maximum absolute atomic E-state index is 12.4. The molecule has 0 radical (unpaired) electrons. The normalized spacial score (nSPS) is 15.1. The Hall–Kier alpha value is -4.30. The molecule has 3 aromatic rings. The molecule has 1 aliphatic heterocycles. The fraction of sp³-hybridized carbons (Fsp3) is 0.435. The summed E-state index contributed by atoms with van der Waals surface area (Å²) >= 11 is 0. The molecule has 0 saturated carbocycles. The van der Waals surface area contributed by atoms with E-state index in [1.165, 1.54) is 19.1 Å². The van der Waals surface area contributed by atoms with E-state index >= 15 is 0 Å². The van der Waals surface area contributed by atoms with Gasteiger partial charge in [0, 0.05) is 24.9 Å². The lowest BCUT2D eigenvalue weighted by molar-refractivity contribution is -0.385. The third-order valence-electron chi connectivity index (χ3n) is 5.84. The van der Waals surface area contributed by atoms with Crippen LogP contribution in [0.5, 0.6) is 11.6 Å². The van der Waals surface area contributed by atoms with Gasteiger partial charge in [-0.15, -0.1) is 13.2 Å². The number of oxime groups is 1. The zero-order chi connectivity index (χ0) is 27.4. The molecule has 0 N–H and O–H groups in total. The van der Waals surface area contributed by atoms with Gasteiger partial charge < -0.3 is 19.0 Å². The molecule has 0 aliphatic carbocycles. The first-order valence-corrected chi connectivity index (χ1v) is 11.7. The van der Waals surface area contributed by atoms with Crippen molar-refractivity contribution in [2.45, 2.75) is 51.8 Å². The lowest BCUT2D eigenvalue weighted by atomic mass is 9.96. The maximum atomic E-state index is 12.4. The van der Waals surface area contributed by atoms with E-state index in [1.807, 2.05) is 13.8 Å². The van der Waals surface area contributed by atoms with Crippen LogP contribution >= 0.6 is 0 Å². The molecular weight excluding hydrogens is 511 g/mol. The molecule has 3 heterocycles. The van der Waals surface area contributed by atoms with Gasteiger partial charge in [0.15, 0.2) is 5.82 Å². The molecule has 4 rings (SSSR count). The molecule has 15 heteroatoms. The second kappa shape index (κ2) is 11.0. The highest BCUT2D eigenvalue weighted by Crippen LogP contribution is 2.37. The fourth-order valence-corrected chi connectivity index (χ4v) is 3.86. The van der Waals surface area contributed by atoms with Crippen LogP contribution < -0.4 is 14.5 Å². The summed E-state index contributed by atoms with van der Waals surface area (Å²) in [4.78, 5) is 30.8. The van der Waals surface area contributed by atoms with Crippen molar-refractivity contribution in [3.63, 3.8) is 0 Å². The van der Waals surface area contributed by atoms with Crippen molar-refractivity contribution < 1.29 is 32.2 Å². The van der Waals surface area contributed by atoms with Crippen molar-refractivity contribution in [1.82, 2.24) is 20.1 Å². The van der Waals surface area contributed by atoms with Crippen molar-refractivity contribution in [3.8, 4) is 11.6 Å². The average molecular weight is 535 g/mol. The molecule has 1 fully saturated rings. The molecule has 12 nitrogen and oxygen atoms in total. The number of hydrogen-bond acceptors (Lipinski definition) is 11. The quantitative estimate of drug-likeness (QED) is 0.220. The Kier molecular flexibility index (Phi) is 7.73. The number of nitro groups is 1. The first-order valence-electron chi connectivity index (χ1n) is 11.7. The summed E-state index contributed by atoms with van der Waals surface area (Å²) in [7, 11) is 0. The van der Waals surface area contributed by atoms with E-state index in [1.54, 1.807) is 4.90 Å². The number of alkyl halides is 3. The van der Waals surface area contributed by atoms with Gasteiger partial charge >= 0.3 is 17.9 Å². The molecule has 2 aromatic heterocycles. The maximum Gasteiger partial charge on any atom is 0.573 e. The summed E-state index contributed by atoms with van der Waals surface area (Å²) in [6.45, 7) is 6.38. The zero-order valence-corrected chi connectivity index (χ0v) is 20.7. The minimum absolute atomic E-state index is 0.0306. The van der Waals surface area contributed by atoms with Gasteiger partial charge in [0.1, 0.15) is 12.1 Å². The number of halogens is 3. The first kappa shape index (κ1) is 26.8. The Morgan fingerprint density at radius 1 is 1.21 bits per heavy atom. The second-order valence-electron chi connectivity index (χ2n) is 8.86. The summed E-state index contributed by atoms with van der Waals surface area (Å²) < 4.78 is 46.3. The molecule has 0 spiro atoms. The fourth-order valence-electron chi connectivity index (χ4n) is 3.86. The van der Waals surface area contributed by atoms with Crippen LogP contribution in [-0.4, -0.2) is 50.2 Å². The van der Waals surface area contributed by atoms with Crippen molar-refractivity contribution in [2.75, 3.05) is 18.0 Å². The molecule has 38 heavy (non-hydrogen) atoms. The lowest BCUT2D eigenvalue weighted by Crippen LogP contribution is -2.34. The summed E-state index contributed by atoms with van der Waals surface area (Å²) in [5.41, 5.74) is 0.218. The number of ether oxygens (including phenoxy) is 1. The third-order valence-corrected chi connectivity index (χ3v) is 5.84. The SMILES string of the molecule is CC(=NOc1ncnc(N2CCC(c3nc(C(C)C)no3)CC2)c1[N+](=O)[O-])c1ccc(OC(F)(F)F)cc1. The van der Waals surface area contributed by atoms with Crippen LogP contribution in [0.15, 0.2) is 40.3 Å². The first-order chi connectivity index (χ1) is 18.0. The highest BCUT2D eigenvalue weighted by Gasteiger charge is 2.33. The Labute approximate surface area is 214 Å². The number of aromatic nitrogens is 4. The summed E-state index contributed by atoms with van der Waals surface area (Å²) in [5.74, 6) is 0.695. The molecule has 0 bridgehead atoms. The Balaban J connectivity index is 1.47. The van der Waals surface area contributed by atoms with Crippen LogP contribution in [0.2, 0.25) is 0 Å². The smallest absolute Gasteiger partial charge is 0.406 e. The van der Waals surface area contributed by atoms with Crippen LogP contribution in [0.25, 0.3) is 0 Å². The predicted molar refractivity (Wildman–Crippen MR) is 127 cm³/mol. The third kappa shape index (κ3) is 6.33. The average Bonchev–Trinajstić information content (AvgIpc) is 3.37. The minimum Gasteiger partial charge on any atom is -0.406 e. The number of rotatable bonds is 8. The number of anilines is 1. The van der Waals surface area contributed by atoms with Crippen molar-refractivity contribution in [2.24, 2.45) is 5.16 Å². The molecule has 0 unspecified atom stereocenters. The largest absolute Gasteiger partial charge is 0.573 e. The van der Waals surface area contributed by atoms with E-state index in [2.05, 4.69) is 30.0 Å². The molecule has 1 aromatic carbocycles. The second-order valence-corrected chi connectivity index (χ2v) is 8.86. The van der Waals surface area contributed by atoms with Gasteiger partial charge in [-0.1, -0.05) is 24.2 Å². The number of nitrogens with zero attached hydrogens (tertiary/aromatic N) is 7. The van der Waals surface area contributed by atoms with Gasteiger partial charge in [0.05, 0.1) is 10.6 Å². The van der Waals surface area contributed by atoms with Crippen LogP contribution in [0.4, 0.5) is 24.7 Å². The Bertz CT molecular complexity index is 1300. The molecule has 0 amide bonds. The number of piperidine rings is 1. The minimum atomic E-state index is -4.81. The molecule has 202 valence electrons. The van der Waals surface area contributed by atoms with Crippen molar-refractivity contribution >= 4 is 17.2 Å². The summed E-state index contributed by atoms with van der Waals surface area (Å²) in [6, 6.07) is 4.94. The van der Waals surface area contributed by atoms with Gasteiger partial charge in [0.2, 0.25) is 11.7 Å². The van der Waals surface area contributed by atoms with Crippen molar-refractivity contribution in [1.29, 1.82) is 0 Å². The van der Waals surface area contributed by atoms with Gasteiger partial charge in [-0.25, -0.2) is 4.98 Å². The monoisotopic (exact) mass is 535 g/mol. The predicted octanol–water partition coefficient (Wildman–Crippen LogP) is 4.98. The van der Waals surface area contributed by atoms with E-state index in [0.29, 0.717) is 43.2 Å². The lowest BCUT2D eigenvalue weighted by Gasteiger charge is -2.30. The number of hydrogen-bond donors (Lipinski definition) is 0. The summed E-state index contributed by atoms with van der Waals surface area (Å²) in [6.07, 6.45) is -2.41. The highest BCUT2D eigenvalue weighted by molar-refractivity contribution is 5.98. The van der Waals surface area contributed by atoms with Gasteiger partial charge in [0.25, 0.3) is 0 Å². The van der Waals surface area contributed by atoms with Gasteiger partial charge in [-0.3, -0.25) is 10.1 Å². The molecule has 0 atom stereocenters. The Morgan fingerprint density at radius 2 is 1.89 bits per heavy atom. The standard InChI is InChI=1S/C23H24F3N7O5/c1-13(2)19-29-21(37-31-19)16-8-10-32(11-9-16)20-18(33(34)35)22(28-12-27-20)38-30-14(3)15-4-6-17(7-5-15)36-23(24,25)26/h4-7,12-13,16H,8-11H2,1-3H3. The van der Waals surface area contributed by atoms with Gasteiger partial charge in [-0.2, -0.15) is 9.97 Å². The summed E-state index contributed by atoms with van der Waals surface area (Å²) in [5, 5.41) is 19.8. The van der Waals surface area contributed by atoms with E-state index < -0.39 is 22.7 Å². The van der Waals surface area contributed by atoms with Crippen LogP contribution in [0.3, 0.4) is 0 Å². The molecule has 1 aliphatic rings. The van der Waals surface area contributed by atoms with Gasteiger partial charge in [-0.05, 0) is 49.6 Å². The number of benzene rings is 1. The molecule has 1 saturated heterocycles. The van der Waals surface area contributed by atoms with Crippen LogP contribution in [0.1, 0.15) is 62.7 Å². The topological polar surface area (TPSA) is 142 Å². The van der Waals surface area contributed by atoms with E-state index in [0.717, 1.165) is 18.5 Å². The van der Waals surface area contributed by atoms with Crippen molar-refractivity contribution in [3.05, 3.63) is 58.0 Å². The van der Waals surface area contributed by atoms with E-state index in [9.17, 15) is 23.3 Å². The zero-order valence-electron chi connectivity index (χ0n) is 20.7. The Morgan fingerprint density at radius 3 is 2.47 bits per heavy atom. The molecular formula is C23H24F3N7O5. The van der Waals surface area contributed by atoms with E-state index in [-0.39, 0.29) is 29.2 Å². The van der Waals surface area contributed by atoms with Crippen LogP contribution in [-0.2, 0) is 0 Å². The van der Waals surface area contributed by atoms with Crippen LogP contribution in [0, 0.1) is 10.1 Å². The van der Waals surface area contributed by atoms with E-state index in [4.69, 9.17) is 9.36 Å². The highest BCUT2D eigenvalue weighted by atomic mass is 19.4.